The van der Waals surface area contributed by atoms with Gasteiger partial charge in [-0.25, -0.2) is 4.79 Å². The zero-order valence-corrected chi connectivity index (χ0v) is 27.1. The zero-order chi connectivity index (χ0) is 35.9. The van der Waals surface area contributed by atoms with Gasteiger partial charge in [0.25, 0.3) is 11.8 Å². The van der Waals surface area contributed by atoms with Crippen LogP contribution in [0, 0.1) is 0 Å². The van der Waals surface area contributed by atoms with Crippen molar-refractivity contribution in [3.63, 3.8) is 0 Å². The van der Waals surface area contributed by atoms with E-state index in [4.69, 9.17) is 21.1 Å². The molecule has 1 aliphatic carbocycles. The van der Waals surface area contributed by atoms with E-state index in [0.717, 1.165) is 12.7 Å². The Bertz CT molecular complexity index is 1820. The van der Waals surface area contributed by atoms with Gasteiger partial charge in [-0.3, -0.25) is 19.4 Å². The summed E-state index contributed by atoms with van der Waals surface area (Å²) in [5.74, 6) is -3.13. The standard InChI is InChI=1S/C32H30ClF3N8O6/c1-49-27(48)22(12-13-23(45)26(47)40-24-3-2-16-37-24)39-25(46)18-4-10-21(11-5-18)38-28-41-29(43-30(42-28)50-17-32(34,35)36)44-31(14-15-31)19-6-8-20(33)9-7-19/h2-11,22H,12-17H2,1H3,(H,39,46)(H,37,40,47)(H2,38,41,42,43,44)/t22-/m0/s1. The first kappa shape index (κ1) is 35.7. The van der Waals surface area contributed by atoms with Gasteiger partial charge in [-0.15, -0.1) is 0 Å². The third-order valence-electron chi connectivity index (χ3n) is 7.47. The number of anilines is 3. The van der Waals surface area contributed by atoms with E-state index in [1.165, 1.54) is 24.3 Å². The number of halogens is 4. The number of ketones is 1. The molecule has 2 aliphatic rings. The van der Waals surface area contributed by atoms with Crippen LogP contribution in [0.15, 0.2) is 65.7 Å². The second-order valence-electron chi connectivity index (χ2n) is 11.2. The third kappa shape index (κ3) is 9.74. The largest absolute Gasteiger partial charge is 0.467 e. The Hall–Kier alpha value is -5.58. The fourth-order valence-corrected chi connectivity index (χ4v) is 4.89. The number of carbonyl (C=O) groups excluding carboxylic acids is 4. The number of amides is 2. The predicted octanol–water partition coefficient (Wildman–Crippen LogP) is 4.02. The van der Waals surface area contributed by atoms with Gasteiger partial charge in [-0.2, -0.15) is 28.1 Å². The van der Waals surface area contributed by atoms with Crippen molar-refractivity contribution in [3.05, 3.63) is 76.8 Å². The molecule has 3 aromatic rings. The molecule has 1 aromatic heterocycles. The fourth-order valence-electron chi connectivity index (χ4n) is 4.76. The maximum Gasteiger partial charge on any atom is 0.422 e. The molecule has 0 spiro atoms. The van der Waals surface area contributed by atoms with Crippen LogP contribution in [-0.4, -0.2) is 76.8 Å². The molecule has 14 nitrogen and oxygen atoms in total. The molecule has 1 fully saturated rings. The average molecular weight is 715 g/mol. The Balaban J connectivity index is 1.24. The highest BCUT2D eigenvalue weighted by atomic mass is 35.5. The number of hydrogen-bond acceptors (Lipinski definition) is 12. The van der Waals surface area contributed by atoms with Crippen LogP contribution in [-0.2, 0) is 24.7 Å². The Morgan fingerprint density at radius 1 is 0.980 bits per heavy atom. The van der Waals surface area contributed by atoms with Crippen molar-refractivity contribution in [2.75, 3.05) is 30.9 Å². The molecule has 0 saturated heterocycles. The highest BCUT2D eigenvalue weighted by Crippen LogP contribution is 2.48. The smallest absolute Gasteiger partial charge is 0.422 e. The Morgan fingerprint density at radius 2 is 1.68 bits per heavy atom. The van der Waals surface area contributed by atoms with Gasteiger partial charge < -0.3 is 30.7 Å². The van der Waals surface area contributed by atoms with E-state index in [1.807, 2.05) is 12.1 Å². The van der Waals surface area contributed by atoms with Crippen molar-refractivity contribution in [2.24, 2.45) is 4.99 Å². The molecule has 50 heavy (non-hydrogen) atoms. The van der Waals surface area contributed by atoms with Crippen LogP contribution in [0.3, 0.4) is 0 Å². The second kappa shape index (κ2) is 15.3. The summed E-state index contributed by atoms with van der Waals surface area (Å²) >= 11 is 6.02. The van der Waals surface area contributed by atoms with Gasteiger partial charge in [-0.1, -0.05) is 29.8 Å². The lowest BCUT2D eigenvalue weighted by Crippen LogP contribution is -2.42. The van der Waals surface area contributed by atoms with E-state index in [1.54, 1.807) is 24.3 Å². The van der Waals surface area contributed by atoms with Crippen molar-refractivity contribution in [2.45, 2.75) is 43.4 Å². The summed E-state index contributed by atoms with van der Waals surface area (Å²) in [6, 6.07) is 11.1. The van der Waals surface area contributed by atoms with Crippen LogP contribution in [0.25, 0.3) is 0 Å². The molecule has 1 aliphatic heterocycles. The van der Waals surface area contributed by atoms with Crippen LogP contribution in [0.1, 0.15) is 41.6 Å². The van der Waals surface area contributed by atoms with Gasteiger partial charge in [0, 0.05) is 22.7 Å². The van der Waals surface area contributed by atoms with Gasteiger partial charge in [0.1, 0.15) is 11.9 Å². The number of esters is 1. The van der Waals surface area contributed by atoms with E-state index in [-0.39, 0.29) is 36.1 Å². The minimum Gasteiger partial charge on any atom is -0.467 e. The van der Waals surface area contributed by atoms with Crippen LogP contribution in [0.4, 0.5) is 30.8 Å². The van der Waals surface area contributed by atoms with E-state index in [2.05, 4.69) is 41.2 Å². The SMILES string of the molecule is COC(=O)[C@H](CCC(=O)C(=O)NC1=NCC=C1)NC(=O)c1ccc(Nc2nc(NC3(c4ccc(Cl)cc4)CC3)nc(OCC(F)(F)F)n2)cc1. The highest BCUT2D eigenvalue weighted by Gasteiger charge is 2.45. The molecule has 1 saturated carbocycles. The number of nitrogens with one attached hydrogen (secondary N) is 4. The molecule has 2 amide bonds. The summed E-state index contributed by atoms with van der Waals surface area (Å²) in [7, 11) is 1.12. The van der Waals surface area contributed by atoms with Crippen LogP contribution in [0.2, 0.25) is 5.02 Å². The summed E-state index contributed by atoms with van der Waals surface area (Å²) < 4.78 is 48.3. The number of aliphatic imine (C=N–C) groups is 1. The Kier molecular flexibility index (Phi) is 10.9. The third-order valence-corrected chi connectivity index (χ3v) is 7.72. The molecule has 0 bridgehead atoms. The van der Waals surface area contributed by atoms with Gasteiger partial charge in [0.05, 0.1) is 19.2 Å². The lowest BCUT2D eigenvalue weighted by molar-refractivity contribution is -0.154. The number of carbonyl (C=O) groups is 4. The van der Waals surface area contributed by atoms with E-state index >= 15 is 0 Å². The number of benzene rings is 2. The van der Waals surface area contributed by atoms with E-state index in [9.17, 15) is 32.3 Å². The Labute approximate surface area is 287 Å². The van der Waals surface area contributed by atoms with Crippen LogP contribution < -0.4 is 26.0 Å². The fraction of sp³-hybridized carbons (Fsp3) is 0.312. The lowest BCUT2D eigenvalue weighted by Gasteiger charge is -2.19. The van der Waals surface area contributed by atoms with Crippen molar-refractivity contribution in [1.29, 1.82) is 0 Å². The maximum absolute atomic E-state index is 13.0. The van der Waals surface area contributed by atoms with Crippen LogP contribution >= 0.6 is 11.6 Å². The van der Waals surface area contributed by atoms with E-state index < -0.39 is 53.9 Å². The first-order valence-electron chi connectivity index (χ1n) is 15.1. The molecule has 18 heteroatoms. The molecule has 0 unspecified atom stereocenters. The normalized spacial score (nSPS) is 14.9. The molecule has 0 radical (unpaired) electrons. The number of nitrogens with zero attached hydrogens (tertiary/aromatic N) is 4. The molecular formula is C32H30ClF3N8O6. The summed E-state index contributed by atoms with van der Waals surface area (Å²) in [5.41, 5.74) is 0.804. The quantitative estimate of drug-likeness (QED) is 0.140. The van der Waals surface area contributed by atoms with Crippen molar-refractivity contribution in [1.82, 2.24) is 25.6 Å². The lowest BCUT2D eigenvalue weighted by atomic mass is 10.1. The Morgan fingerprint density at radius 3 is 2.30 bits per heavy atom. The number of hydrogen-bond donors (Lipinski definition) is 4. The summed E-state index contributed by atoms with van der Waals surface area (Å²) in [5, 5.41) is 11.5. The van der Waals surface area contributed by atoms with Crippen molar-refractivity contribution in [3.8, 4) is 6.01 Å². The van der Waals surface area contributed by atoms with Gasteiger partial charge >= 0.3 is 18.2 Å². The molecule has 4 N–H and O–H groups in total. The van der Waals surface area contributed by atoms with Gasteiger partial charge in [0.2, 0.25) is 17.7 Å². The van der Waals surface area contributed by atoms with E-state index in [0.29, 0.717) is 30.1 Å². The monoisotopic (exact) mass is 714 g/mol. The molecule has 2 heterocycles. The zero-order valence-electron chi connectivity index (χ0n) is 26.3. The first-order valence-corrected chi connectivity index (χ1v) is 15.5. The molecule has 262 valence electrons. The number of rotatable bonds is 14. The summed E-state index contributed by atoms with van der Waals surface area (Å²) in [4.78, 5) is 66.1. The number of methoxy groups -OCH3 is 1. The molecular weight excluding hydrogens is 685 g/mol. The number of aromatic nitrogens is 3. The van der Waals surface area contributed by atoms with Crippen molar-refractivity contribution < 1.29 is 41.8 Å². The number of alkyl halides is 3. The van der Waals surface area contributed by atoms with Crippen molar-refractivity contribution >= 4 is 58.6 Å². The number of amidine groups is 1. The topological polar surface area (TPSA) is 186 Å². The number of ether oxygens (including phenoxy) is 2. The summed E-state index contributed by atoms with van der Waals surface area (Å²) in [6.45, 7) is -1.23. The molecule has 5 rings (SSSR count). The molecule has 2 aromatic carbocycles. The van der Waals surface area contributed by atoms with Gasteiger partial charge in [-0.05, 0) is 67.3 Å². The average Bonchev–Trinajstić information content (AvgIpc) is 3.68. The second-order valence-corrected chi connectivity index (χ2v) is 11.6. The van der Waals surface area contributed by atoms with Crippen LogP contribution in [0.5, 0.6) is 6.01 Å². The minimum atomic E-state index is -4.63. The predicted molar refractivity (Wildman–Crippen MR) is 174 cm³/mol. The number of Topliss-reactive ketones (excluding diaryl/α,β-unsaturated/α-hetero) is 1. The maximum atomic E-state index is 13.0. The first-order chi connectivity index (χ1) is 23.8. The van der Waals surface area contributed by atoms with Gasteiger partial charge in [0.15, 0.2) is 6.61 Å². The highest BCUT2D eigenvalue weighted by molar-refractivity contribution is 6.39. The minimum absolute atomic E-state index is 0.0305. The summed E-state index contributed by atoms with van der Waals surface area (Å²) in [6.07, 6.45) is -0.522. The molecule has 1 atom stereocenters.